The molecular weight excluding hydrogens is 244 g/mol. The van der Waals surface area contributed by atoms with Crippen LogP contribution >= 0.6 is 11.3 Å². The van der Waals surface area contributed by atoms with Gasteiger partial charge in [0, 0.05) is 5.69 Å². The molecule has 4 nitrogen and oxygen atoms in total. The molecule has 2 rings (SSSR count). The van der Waals surface area contributed by atoms with Gasteiger partial charge in [0.2, 0.25) is 0 Å². The second kappa shape index (κ2) is 4.15. The number of hydrogen-bond acceptors (Lipinski definition) is 4. The molecule has 0 saturated carbocycles. The van der Waals surface area contributed by atoms with Crippen molar-refractivity contribution in [3.8, 4) is 0 Å². The lowest BCUT2D eigenvalue weighted by Crippen LogP contribution is -2.11. The number of rotatable bonds is 3. The first-order valence-corrected chi connectivity index (χ1v) is 6.86. The molecule has 1 aromatic carbocycles. The van der Waals surface area contributed by atoms with Gasteiger partial charge in [0.25, 0.3) is 10.0 Å². The largest absolute Gasteiger partial charge is 0.399 e. The number of nitrogen functional groups attached to an aromatic ring is 1. The normalized spacial score (nSPS) is 11.2. The van der Waals surface area contributed by atoms with Crippen molar-refractivity contribution >= 4 is 32.7 Å². The average molecular weight is 254 g/mol. The van der Waals surface area contributed by atoms with E-state index in [2.05, 4.69) is 4.72 Å². The Balaban J connectivity index is 2.29. The molecule has 0 unspecified atom stereocenters. The highest BCUT2D eigenvalue weighted by molar-refractivity contribution is 7.94. The monoisotopic (exact) mass is 254 g/mol. The van der Waals surface area contributed by atoms with Gasteiger partial charge in [0.05, 0.1) is 5.69 Å². The Morgan fingerprint density at radius 2 is 2.00 bits per heavy atom. The summed E-state index contributed by atoms with van der Waals surface area (Å²) in [4.78, 5) is 0. The molecule has 0 atom stereocenters. The fourth-order valence-electron chi connectivity index (χ4n) is 1.22. The summed E-state index contributed by atoms with van der Waals surface area (Å²) < 4.78 is 26.4. The summed E-state index contributed by atoms with van der Waals surface area (Å²) in [5.41, 5.74) is 6.55. The van der Waals surface area contributed by atoms with Crippen LogP contribution in [0.4, 0.5) is 11.4 Å². The Kier molecular flexibility index (Phi) is 2.84. The van der Waals surface area contributed by atoms with E-state index in [4.69, 9.17) is 5.73 Å². The topological polar surface area (TPSA) is 72.2 Å². The van der Waals surface area contributed by atoms with Gasteiger partial charge in [-0.25, -0.2) is 8.42 Å². The number of anilines is 2. The van der Waals surface area contributed by atoms with Crippen molar-refractivity contribution in [2.45, 2.75) is 4.21 Å². The van der Waals surface area contributed by atoms with Crippen molar-refractivity contribution < 1.29 is 8.42 Å². The molecule has 0 aliphatic rings. The van der Waals surface area contributed by atoms with Crippen molar-refractivity contribution in [2.24, 2.45) is 0 Å². The summed E-state index contributed by atoms with van der Waals surface area (Å²) in [6.07, 6.45) is 0. The fourth-order valence-corrected chi connectivity index (χ4v) is 3.27. The van der Waals surface area contributed by atoms with Gasteiger partial charge < -0.3 is 5.73 Å². The Morgan fingerprint density at radius 1 is 1.19 bits per heavy atom. The van der Waals surface area contributed by atoms with Crippen molar-refractivity contribution in [3.63, 3.8) is 0 Å². The summed E-state index contributed by atoms with van der Waals surface area (Å²) in [6, 6.07) is 9.87. The zero-order valence-corrected chi connectivity index (χ0v) is 9.88. The first kappa shape index (κ1) is 11.0. The summed E-state index contributed by atoms with van der Waals surface area (Å²) in [5, 5.41) is 1.72. The Bertz CT molecular complexity index is 577. The third-order valence-electron chi connectivity index (χ3n) is 1.90. The highest BCUT2D eigenvalue weighted by atomic mass is 32.2. The van der Waals surface area contributed by atoms with Gasteiger partial charge in [0.15, 0.2) is 0 Å². The lowest BCUT2D eigenvalue weighted by molar-refractivity contribution is 0.603. The van der Waals surface area contributed by atoms with Gasteiger partial charge in [-0.3, -0.25) is 4.72 Å². The fraction of sp³-hybridized carbons (Fsp3) is 0. The van der Waals surface area contributed by atoms with Gasteiger partial charge in [-0.1, -0.05) is 12.1 Å². The van der Waals surface area contributed by atoms with Crippen LogP contribution in [-0.2, 0) is 10.0 Å². The van der Waals surface area contributed by atoms with Crippen LogP contribution in [-0.4, -0.2) is 8.42 Å². The Labute approximate surface area is 97.8 Å². The zero-order valence-electron chi connectivity index (χ0n) is 8.25. The first-order valence-electron chi connectivity index (χ1n) is 4.50. The molecule has 0 aliphatic carbocycles. The minimum absolute atomic E-state index is 0.287. The maximum absolute atomic E-state index is 11.8. The maximum Gasteiger partial charge on any atom is 0.271 e. The number of nitrogens with two attached hydrogens (primary N) is 1. The summed E-state index contributed by atoms with van der Waals surface area (Å²) in [5.74, 6) is 0. The molecule has 6 heteroatoms. The lowest BCUT2D eigenvalue weighted by Gasteiger charge is -2.06. The summed E-state index contributed by atoms with van der Waals surface area (Å²) >= 11 is 1.17. The molecule has 0 radical (unpaired) electrons. The molecule has 0 fully saturated rings. The molecule has 16 heavy (non-hydrogen) atoms. The van der Waals surface area contributed by atoms with Crippen molar-refractivity contribution in [2.75, 3.05) is 10.5 Å². The van der Waals surface area contributed by atoms with Crippen LogP contribution in [0.15, 0.2) is 46.0 Å². The predicted molar refractivity (Wildman–Crippen MR) is 66.0 cm³/mol. The molecule has 0 saturated heterocycles. The third-order valence-corrected chi connectivity index (χ3v) is 4.68. The number of sulfonamides is 1. The zero-order chi connectivity index (χ0) is 11.6. The number of nitrogens with one attached hydrogen (secondary N) is 1. The minimum atomic E-state index is -3.47. The Morgan fingerprint density at radius 3 is 2.62 bits per heavy atom. The number of thiophene rings is 1. The number of benzene rings is 1. The second-order valence-corrected chi connectivity index (χ2v) is 6.02. The molecule has 2 aromatic rings. The molecule has 1 aromatic heterocycles. The number of hydrogen-bond donors (Lipinski definition) is 2. The minimum Gasteiger partial charge on any atom is -0.399 e. The van der Waals surface area contributed by atoms with E-state index in [1.807, 2.05) is 0 Å². The molecule has 1 heterocycles. The van der Waals surface area contributed by atoms with E-state index in [9.17, 15) is 8.42 Å². The Hall–Kier alpha value is -1.53. The van der Waals surface area contributed by atoms with E-state index in [1.165, 1.54) is 11.3 Å². The van der Waals surface area contributed by atoms with E-state index >= 15 is 0 Å². The van der Waals surface area contributed by atoms with Crippen molar-refractivity contribution in [1.82, 2.24) is 0 Å². The molecule has 84 valence electrons. The van der Waals surface area contributed by atoms with Crippen LogP contribution in [0.1, 0.15) is 0 Å². The van der Waals surface area contributed by atoms with E-state index in [0.717, 1.165) is 0 Å². The van der Waals surface area contributed by atoms with E-state index in [-0.39, 0.29) is 4.21 Å². The molecule has 0 aliphatic heterocycles. The highest BCUT2D eigenvalue weighted by Crippen LogP contribution is 2.21. The molecular formula is C10H10N2O2S2. The van der Waals surface area contributed by atoms with E-state index in [0.29, 0.717) is 11.4 Å². The van der Waals surface area contributed by atoms with Gasteiger partial charge in [-0.05, 0) is 29.6 Å². The van der Waals surface area contributed by atoms with Gasteiger partial charge in [0.1, 0.15) is 4.21 Å². The molecule has 0 amide bonds. The van der Waals surface area contributed by atoms with E-state index in [1.54, 1.807) is 41.8 Å². The van der Waals surface area contributed by atoms with E-state index < -0.39 is 10.0 Å². The maximum atomic E-state index is 11.8. The van der Waals surface area contributed by atoms with Crippen LogP contribution in [0.2, 0.25) is 0 Å². The smallest absolute Gasteiger partial charge is 0.271 e. The standard InChI is InChI=1S/C10H10N2O2S2/c11-8-3-1-4-9(7-8)12-16(13,14)10-5-2-6-15-10/h1-7,12H,11H2. The van der Waals surface area contributed by atoms with Crippen molar-refractivity contribution in [1.29, 1.82) is 0 Å². The van der Waals surface area contributed by atoms with Crippen LogP contribution in [0.5, 0.6) is 0 Å². The summed E-state index contributed by atoms with van der Waals surface area (Å²) in [7, 11) is -3.47. The van der Waals surface area contributed by atoms with Gasteiger partial charge in [-0.15, -0.1) is 11.3 Å². The average Bonchev–Trinajstić information content (AvgIpc) is 2.69. The summed E-state index contributed by atoms with van der Waals surface area (Å²) in [6.45, 7) is 0. The highest BCUT2D eigenvalue weighted by Gasteiger charge is 2.14. The van der Waals surface area contributed by atoms with Crippen LogP contribution in [0.3, 0.4) is 0 Å². The predicted octanol–water partition coefficient (Wildman–Crippen LogP) is 2.13. The van der Waals surface area contributed by atoms with Crippen LogP contribution in [0.25, 0.3) is 0 Å². The quantitative estimate of drug-likeness (QED) is 0.824. The molecule has 3 N–H and O–H groups in total. The lowest BCUT2D eigenvalue weighted by atomic mass is 10.3. The van der Waals surface area contributed by atoms with Crippen LogP contribution < -0.4 is 10.5 Å². The molecule has 0 bridgehead atoms. The van der Waals surface area contributed by atoms with Gasteiger partial charge >= 0.3 is 0 Å². The van der Waals surface area contributed by atoms with Gasteiger partial charge in [-0.2, -0.15) is 0 Å². The third kappa shape index (κ3) is 2.34. The first-order chi connectivity index (χ1) is 7.58. The molecule has 0 spiro atoms. The SMILES string of the molecule is Nc1cccc(NS(=O)(=O)c2cccs2)c1. The van der Waals surface area contributed by atoms with Crippen molar-refractivity contribution in [3.05, 3.63) is 41.8 Å². The van der Waals surface area contributed by atoms with Crippen LogP contribution in [0, 0.1) is 0 Å². The second-order valence-electron chi connectivity index (χ2n) is 3.16.